The fraction of sp³-hybridized carbons (Fsp3) is 0.158. The van der Waals surface area contributed by atoms with Gasteiger partial charge in [0.05, 0.1) is 11.6 Å². The van der Waals surface area contributed by atoms with Crippen LogP contribution >= 0.6 is 23.2 Å². The lowest BCUT2D eigenvalue weighted by Gasteiger charge is -2.29. The Balaban J connectivity index is 2.00. The van der Waals surface area contributed by atoms with Gasteiger partial charge in [0, 0.05) is 21.4 Å². The van der Waals surface area contributed by atoms with Crippen LogP contribution in [0.3, 0.4) is 0 Å². The monoisotopic (exact) mass is 389 g/mol. The summed E-state index contributed by atoms with van der Waals surface area (Å²) in [6.45, 7) is 3.59. The van der Waals surface area contributed by atoms with Gasteiger partial charge >= 0.3 is 6.03 Å². The Labute approximate surface area is 161 Å². The van der Waals surface area contributed by atoms with Crippen molar-refractivity contribution < 1.29 is 9.59 Å². The van der Waals surface area contributed by atoms with Crippen molar-refractivity contribution in [3.8, 4) is 0 Å². The van der Waals surface area contributed by atoms with E-state index in [0.29, 0.717) is 32.6 Å². The number of amides is 3. The van der Waals surface area contributed by atoms with Crippen LogP contribution in [0.25, 0.3) is 0 Å². The number of urea groups is 1. The zero-order chi connectivity index (χ0) is 18.8. The van der Waals surface area contributed by atoms with Gasteiger partial charge in [-0.2, -0.15) is 0 Å². The Kier molecular flexibility index (Phi) is 5.20. The lowest BCUT2D eigenvalue weighted by atomic mass is 9.94. The van der Waals surface area contributed by atoms with Crippen LogP contribution in [-0.4, -0.2) is 11.9 Å². The molecule has 5 nitrogen and oxygen atoms in total. The van der Waals surface area contributed by atoms with Gasteiger partial charge in [0.2, 0.25) is 0 Å². The van der Waals surface area contributed by atoms with Crippen molar-refractivity contribution >= 4 is 40.8 Å². The van der Waals surface area contributed by atoms with Crippen molar-refractivity contribution in [3.63, 3.8) is 0 Å². The number of para-hydroxylation sites is 1. The van der Waals surface area contributed by atoms with Gasteiger partial charge in [0.15, 0.2) is 0 Å². The summed E-state index contributed by atoms with van der Waals surface area (Å²) in [6.07, 6.45) is 0. The SMILES string of the molecule is CC1=C(C(=O)Nc2ccccc2C)[C@@H](c2ccc(Cl)cc2Cl)NC(=O)N1. The Morgan fingerprint density at radius 1 is 1.12 bits per heavy atom. The van der Waals surface area contributed by atoms with E-state index < -0.39 is 12.1 Å². The lowest BCUT2D eigenvalue weighted by Crippen LogP contribution is -2.46. The van der Waals surface area contributed by atoms with E-state index in [-0.39, 0.29) is 5.91 Å². The number of nitrogens with one attached hydrogen (secondary N) is 3. The van der Waals surface area contributed by atoms with E-state index in [4.69, 9.17) is 23.2 Å². The Morgan fingerprint density at radius 3 is 2.54 bits per heavy atom. The molecule has 3 rings (SSSR count). The van der Waals surface area contributed by atoms with Crippen LogP contribution in [0.5, 0.6) is 0 Å². The van der Waals surface area contributed by atoms with Crippen molar-refractivity contribution in [3.05, 3.63) is 74.9 Å². The lowest BCUT2D eigenvalue weighted by molar-refractivity contribution is -0.113. The van der Waals surface area contributed by atoms with Crippen molar-refractivity contribution in [2.75, 3.05) is 5.32 Å². The summed E-state index contributed by atoms with van der Waals surface area (Å²) in [5.74, 6) is -0.319. The second kappa shape index (κ2) is 7.40. The molecule has 1 aliphatic rings. The normalized spacial score (nSPS) is 16.8. The van der Waals surface area contributed by atoms with Crippen LogP contribution in [0.1, 0.15) is 24.1 Å². The van der Waals surface area contributed by atoms with E-state index in [1.54, 1.807) is 25.1 Å². The van der Waals surface area contributed by atoms with Gasteiger partial charge < -0.3 is 16.0 Å². The van der Waals surface area contributed by atoms with Crippen molar-refractivity contribution in [1.29, 1.82) is 0 Å². The summed E-state index contributed by atoms with van der Waals surface area (Å²) in [4.78, 5) is 24.9. The summed E-state index contributed by atoms with van der Waals surface area (Å²) in [5, 5.41) is 9.15. The van der Waals surface area contributed by atoms with Gasteiger partial charge in [-0.25, -0.2) is 4.79 Å². The third kappa shape index (κ3) is 3.69. The maximum absolute atomic E-state index is 13.0. The van der Waals surface area contributed by atoms with Crippen LogP contribution in [0, 0.1) is 6.92 Å². The molecule has 26 heavy (non-hydrogen) atoms. The molecule has 0 saturated heterocycles. The van der Waals surface area contributed by atoms with Crippen LogP contribution in [0.15, 0.2) is 53.7 Å². The summed E-state index contributed by atoms with van der Waals surface area (Å²) >= 11 is 12.3. The van der Waals surface area contributed by atoms with Gasteiger partial charge in [-0.15, -0.1) is 0 Å². The summed E-state index contributed by atoms with van der Waals surface area (Å²) in [5.41, 5.74) is 3.09. The molecule has 0 aromatic heterocycles. The molecule has 0 spiro atoms. The Bertz CT molecular complexity index is 925. The smallest absolute Gasteiger partial charge is 0.319 e. The third-order valence-electron chi connectivity index (χ3n) is 4.18. The van der Waals surface area contributed by atoms with Gasteiger partial charge in [0.1, 0.15) is 0 Å². The third-order valence-corrected chi connectivity index (χ3v) is 4.74. The van der Waals surface area contributed by atoms with Gasteiger partial charge in [0.25, 0.3) is 5.91 Å². The number of carbonyl (C=O) groups excluding carboxylic acids is 2. The second-order valence-corrected chi connectivity index (χ2v) is 6.85. The fourth-order valence-corrected chi connectivity index (χ4v) is 3.38. The van der Waals surface area contributed by atoms with E-state index in [9.17, 15) is 9.59 Å². The number of halogens is 2. The molecule has 2 aromatic rings. The van der Waals surface area contributed by atoms with Crippen molar-refractivity contribution in [2.45, 2.75) is 19.9 Å². The van der Waals surface area contributed by atoms with E-state index in [0.717, 1.165) is 5.56 Å². The molecule has 0 radical (unpaired) electrons. The molecule has 1 atom stereocenters. The minimum Gasteiger partial charge on any atom is -0.327 e. The largest absolute Gasteiger partial charge is 0.327 e. The highest BCUT2D eigenvalue weighted by Gasteiger charge is 2.32. The molecular weight excluding hydrogens is 373 g/mol. The van der Waals surface area contributed by atoms with Crippen LogP contribution in [-0.2, 0) is 4.79 Å². The number of hydrogen-bond donors (Lipinski definition) is 3. The zero-order valence-corrected chi connectivity index (χ0v) is 15.7. The van der Waals surface area contributed by atoms with Crippen LogP contribution < -0.4 is 16.0 Å². The van der Waals surface area contributed by atoms with Crippen LogP contribution in [0.4, 0.5) is 10.5 Å². The first-order chi connectivity index (χ1) is 12.4. The van der Waals surface area contributed by atoms with Gasteiger partial charge in [-0.1, -0.05) is 47.5 Å². The molecule has 7 heteroatoms. The minimum atomic E-state index is -0.683. The number of rotatable bonds is 3. The quantitative estimate of drug-likeness (QED) is 0.719. The molecule has 3 N–H and O–H groups in total. The molecule has 2 aromatic carbocycles. The maximum Gasteiger partial charge on any atom is 0.319 e. The molecule has 3 amide bonds. The number of aryl methyl sites for hydroxylation is 1. The fourth-order valence-electron chi connectivity index (χ4n) is 2.87. The summed E-state index contributed by atoms with van der Waals surface area (Å²) in [6, 6.07) is 11.3. The number of allylic oxidation sites excluding steroid dienone is 1. The molecular formula is C19H17Cl2N3O2. The average Bonchev–Trinajstić information content (AvgIpc) is 2.56. The predicted octanol–water partition coefficient (Wildman–Crippen LogP) is 4.57. The molecule has 1 heterocycles. The molecule has 0 saturated carbocycles. The van der Waals surface area contributed by atoms with Crippen molar-refractivity contribution in [1.82, 2.24) is 10.6 Å². The summed E-state index contributed by atoms with van der Waals surface area (Å²) in [7, 11) is 0. The topological polar surface area (TPSA) is 70.2 Å². The standard InChI is InChI=1S/C19H17Cl2N3O2/c1-10-5-3-4-6-15(10)23-18(25)16-11(2)22-19(26)24-17(16)13-8-7-12(20)9-14(13)21/h3-9,17H,1-2H3,(H,23,25)(H2,22,24,26)/t17-/m1/s1. The van der Waals surface area contributed by atoms with E-state index >= 15 is 0 Å². The number of carbonyl (C=O) groups is 2. The molecule has 0 aliphatic carbocycles. The predicted molar refractivity (Wildman–Crippen MR) is 103 cm³/mol. The molecule has 1 aliphatic heterocycles. The molecule has 0 unspecified atom stereocenters. The highest BCUT2D eigenvalue weighted by atomic mass is 35.5. The Hall–Kier alpha value is -2.50. The number of hydrogen-bond acceptors (Lipinski definition) is 2. The van der Waals surface area contributed by atoms with Crippen molar-refractivity contribution in [2.24, 2.45) is 0 Å². The number of anilines is 1. The highest BCUT2D eigenvalue weighted by molar-refractivity contribution is 6.35. The first-order valence-corrected chi connectivity index (χ1v) is 8.72. The molecule has 0 fully saturated rings. The molecule has 134 valence electrons. The van der Waals surface area contributed by atoms with E-state index in [2.05, 4.69) is 16.0 Å². The molecule has 0 bridgehead atoms. The maximum atomic E-state index is 13.0. The number of benzene rings is 2. The van der Waals surface area contributed by atoms with E-state index in [1.807, 2.05) is 31.2 Å². The van der Waals surface area contributed by atoms with Gasteiger partial charge in [-0.05, 0) is 43.2 Å². The van der Waals surface area contributed by atoms with Crippen LogP contribution in [0.2, 0.25) is 10.0 Å². The summed E-state index contributed by atoms with van der Waals surface area (Å²) < 4.78 is 0. The second-order valence-electron chi connectivity index (χ2n) is 6.01. The minimum absolute atomic E-state index is 0.319. The Morgan fingerprint density at radius 2 is 1.85 bits per heavy atom. The first-order valence-electron chi connectivity index (χ1n) is 7.97. The highest BCUT2D eigenvalue weighted by Crippen LogP contribution is 2.33. The zero-order valence-electron chi connectivity index (χ0n) is 14.2. The van der Waals surface area contributed by atoms with E-state index in [1.165, 1.54) is 0 Å². The first kappa shape index (κ1) is 18.3. The van der Waals surface area contributed by atoms with Gasteiger partial charge in [-0.3, -0.25) is 4.79 Å². The average molecular weight is 390 g/mol.